The van der Waals surface area contributed by atoms with Crippen LogP contribution < -0.4 is 5.32 Å². The average Bonchev–Trinajstić information content (AvgIpc) is 3.36. The summed E-state index contributed by atoms with van der Waals surface area (Å²) in [4.78, 5) is 34.2. The van der Waals surface area contributed by atoms with Crippen LogP contribution in [0.4, 0.5) is 9.18 Å². The first kappa shape index (κ1) is 31.9. The third kappa shape index (κ3) is 7.42. The largest absolute Gasteiger partial charge is 0.444 e. The highest BCUT2D eigenvalue weighted by molar-refractivity contribution is 5.99. The third-order valence-electron chi connectivity index (χ3n) is 9.29. The maximum Gasteiger partial charge on any atom is 0.407 e. The van der Waals surface area contributed by atoms with E-state index >= 15 is 0 Å². The number of nitrogens with one attached hydrogen (secondary N) is 1. The first-order valence-electron chi connectivity index (χ1n) is 16.1. The van der Waals surface area contributed by atoms with Crippen molar-refractivity contribution < 1.29 is 18.7 Å². The minimum absolute atomic E-state index is 0.00799. The maximum absolute atomic E-state index is 14.4. The molecule has 0 spiro atoms. The standard InChI is InChI=1S/C35H48FN5O3/c1-23(2)39(6)33(42)29-19-26(36)9-12-31(29)41-22-30(28-13-16-37-20-32(28)41)25-14-17-40(18-15-25)21-24-7-10-27(11-8-24)38-34(43)44-35(3,4)5/h9,12-13,16,19-20,22-25,27H,7-8,10-11,14-15,17-18,21H2,1-6H3,(H,38,43)/t24-,27-. The van der Waals surface area contributed by atoms with Crippen LogP contribution in [0.25, 0.3) is 16.6 Å². The van der Waals surface area contributed by atoms with Crippen LogP contribution in [0.15, 0.2) is 42.9 Å². The molecule has 1 N–H and O–H groups in total. The highest BCUT2D eigenvalue weighted by atomic mass is 19.1. The van der Waals surface area contributed by atoms with Crippen molar-refractivity contribution in [2.45, 2.75) is 96.7 Å². The molecule has 2 aliphatic rings. The van der Waals surface area contributed by atoms with Crippen LogP contribution in [0.1, 0.15) is 95.0 Å². The SMILES string of the molecule is CC(C)N(C)C(=O)c1cc(F)ccc1-n1cc(C2CCN(C[C@H]3CC[C@H](NC(=O)OC(C)(C)C)CC3)CC2)c2ccncc21. The summed E-state index contributed by atoms with van der Waals surface area (Å²) in [5, 5.41) is 4.19. The number of piperidine rings is 1. The number of amides is 2. The Morgan fingerprint density at radius 1 is 1.09 bits per heavy atom. The molecule has 0 bridgehead atoms. The van der Waals surface area contributed by atoms with Crippen LogP contribution in [0.5, 0.6) is 0 Å². The van der Waals surface area contributed by atoms with Gasteiger partial charge in [0.1, 0.15) is 11.4 Å². The Bertz CT molecular complexity index is 1460. The number of ether oxygens (including phenoxy) is 1. The minimum Gasteiger partial charge on any atom is -0.444 e. The fourth-order valence-corrected chi connectivity index (χ4v) is 6.69. The van der Waals surface area contributed by atoms with Gasteiger partial charge in [0.05, 0.1) is 23.0 Å². The number of aromatic nitrogens is 2. The molecular formula is C35H48FN5O3. The van der Waals surface area contributed by atoms with Crippen LogP contribution in [-0.2, 0) is 4.74 Å². The van der Waals surface area contributed by atoms with Crippen LogP contribution >= 0.6 is 0 Å². The summed E-state index contributed by atoms with van der Waals surface area (Å²) < 4.78 is 21.9. The summed E-state index contributed by atoms with van der Waals surface area (Å²) in [5.74, 6) is 0.410. The highest BCUT2D eigenvalue weighted by Crippen LogP contribution is 2.37. The van der Waals surface area contributed by atoms with E-state index in [4.69, 9.17) is 4.74 Å². The molecule has 3 aromatic rings. The van der Waals surface area contributed by atoms with Crippen LogP contribution in [0, 0.1) is 11.7 Å². The number of benzene rings is 1. The number of pyridine rings is 1. The lowest BCUT2D eigenvalue weighted by Crippen LogP contribution is -2.43. The number of carbonyl (C=O) groups excluding carboxylic acids is 2. The molecule has 9 heteroatoms. The number of alkyl carbamates (subject to hydrolysis) is 1. The molecule has 1 aliphatic carbocycles. The van der Waals surface area contributed by atoms with E-state index < -0.39 is 11.4 Å². The van der Waals surface area contributed by atoms with E-state index in [1.165, 1.54) is 17.7 Å². The van der Waals surface area contributed by atoms with Crippen molar-refractivity contribution in [2.24, 2.45) is 5.92 Å². The number of likely N-dealkylation sites (tertiary alicyclic amines) is 1. The Morgan fingerprint density at radius 2 is 1.80 bits per heavy atom. The molecule has 0 radical (unpaired) electrons. The first-order valence-corrected chi connectivity index (χ1v) is 16.1. The van der Waals surface area contributed by atoms with E-state index in [0.29, 0.717) is 23.1 Å². The summed E-state index contributed by atoms with van der Waals surface area (Å²) in [6.07, 6.45) is 11.8. The predicted molar refractivity (Wildman–Crippen MR) is 172 cm³/mol. The van der Waals surface area contributed by atoms with E-state index in [0.717, 1.165) is 69.1 Å². The summed E-state index contributed by atoms with van der Waals surface area (Å²) in [6, 6.07) is 6.71. The van der Waals surface area contributed by atoms with Gasteiger partial charge in [-0.3, -0.25) is 9.78 Å². The molecule has 5 rings (SSSR count). The molecule has 1 saturated carbocycles. The average molecular weight is 606 g/mol. The lowest BCUT2D eigenvalue weighted by Gasteiger charge is -2.37. The van der Waals surface area contributed by atoms with E-state index in [2.05, 4.69) is 27.5 Å². The van der Waals surface area contributed by atoms with Gasteiger partial charge in [0.25, 0.3) is 5.91 Å². The van der Waals surface area contributed by atoms with Gasteiger partial charge in [0, 0.05) is 43.5 Å². The van der Waals surface area contributed by atoms with E-state index in [1.807, 2.05) is 51.6 Å². The Kier molecular flexibility index (Phi) is 9.63. The van der Waals surface area contributed by atoms with E-state index in [1.54, 1.807) is 18.0 Å². The smallest absolute Gasteiger partial charge is 0.407 e. The quantitative estimate of drug-likeness (QED) is 0.317. The van der Waals surface area contributed by atoms with Crippen molar-refractivity contribution in [3.63, 3.8) is 0 Å². The first-order chi connectivity index (χ1) is 20.9. The van der Waals surface area contributed by atoms with Crippen LogP contribution in [0.3, 0.4) is 0 Å². The molecule has 0 atom stereocenters. The number of rotatable bonds is 7. The number of hydrogen-bond acceptors (Lipinski definition) is 5. The summed E-state index contributed by atoms with van der Waals surface area (Å²) in [7, 11) is 1.75. The molecule has 1 aromatic carbocycles. The van der Waals surface area contributed by atoms with Gasteiger partial charge in [-0.1, -0.05) is 0 Å². The fraction of sp³-hybridized carbons (Fsp3) is 0.571. The molecule has 3 heterocycles. The normalized spacial score (nSPS) is 20.2. The van der Waals surface area contributed by atoms with Gasteiger partial charge in [-0.2, -0.15) is 0 Å². The fourth-order valence-electron chi connectivity index (χ4n) is 6.69. The Balaban J connectivity index is 1.24. The highest BCUT2D eigenvalue weighted by Gasteiger charge is 2.29. The van der Waals surface area contributed by atoms with Gasteiger partial charge in [-0.15, -0.1) is 0 Å². The van der Waals surface area contributed by atoms with E-state index in [9.17, 15) is 14.0 Å². The Hall–Kier alpha value is -3.46. The zero-order valence-electron chi connectivity index (χ0n) is 27.1. The Morgan fingerprint density at radius 3 is 2.45 bits per heavy atom. The van der Waals surface area contributed by atoms with Crippen molar-refractivity contribution in [1.82, 2.24) is 24.7 Å². The summed E-state index contributed by atoms with van der Waals surface area (Å²) >= 11 is 0. The predicted octanol–water partition coefficient (Wildman–Crippen LogP) is 6.91. The van der Waals surface area contributed by atoms with Crippen molar-refractivity contribution in [3.8, 4) is 5.69 Å². The molecule has 238 valence electrons. The van der Waals surface area contributed by atoms with Crippen molar-refractivity contribution in [3.05, 3.63) is 59.8 Å². The molecule has 1 saturated heterocycles. The second kappa shape index (κ2) is 13.3. The van der Waals surface area contributed by atoms with Crippen LogP contribution in [0.2, 0.25) is 0 Å². The molecule has 2 fully saturated rings. The van der Waals surface area contributed by atoms with Gasteiger partial charge in [0.2, 0.25) is 0 Å². The lowest BCUT2D eigenvalue weighted by atomic mass is 9.84. The van der Waals surface area contributed by atoms with Gasteiger partial charge in [0.15, 0.2) is 0 Å². The van der Waals surface area contributed by atoms with Crippen LogP contribution in [-0.4, -0.2) is 75.7 Å². The molecule has 44 heavy (non-hydrogen) atoms. The molecule has 8 nitrogen and oxygen atoms in total. The van der Waals surface area contributed by atoms with Gasteiger partial charge in [-0.05, 0) is 128 Å². The van der Waals surface area contributed by atoms with Gasteiger partial charge >= 0.3 is 6.09 Å². The number of nitrogens with zero attached hydrogens (tertiary/aromatic N) is 4. The zero-order valence-corrected chi connectivity index (χ0v) is 27.1. The second-order valence-electron chi connectivity index (χ2n) is 14.0. The van der Waals surface area contributed by atoms with Crippen molar-refractivity contribution >= 4 is 22.9 Å². The number of halogens is 1. The number of fused-ring (bicyclic) bond motifs is 1. The van der Waals surface area contributed by atoms with E-state index in [-0.39, 0.29) is 24.1 Å². The lowest BCUT2D eigenvalue weighted by molar-refractivity contribution is 0.0482. The number of hydrogen-bond donors (Lipinski definition) is 1. The third-order valence-corrected chi connectivity index (χ3v) is 9.29. The molecule has 2 aromatic heterocycles. The maximum atomic E-state index is 14.4. The zero-order chi connectivity index (χ0) is 31.6. The molecular weight excluding hydrogens is 557 g/mol. The molecule has 2 amide bonds. The second-order valence-corrected chi connectivity index (χ2v) is 14.0. The minimum atomic E-state index is -0.480. The van der Waals surface area contributed by atoms with Gasteiger partial charge < -0.3 is 24.4 Å². The monoisotopic (exact) mass is 605 g/mol. The Labute approximate surface area is 260 Å². The topological polar surface area (TPSA) is 79.7 Å². The summed E-state index contributed by atoms with van der Waals surface area (Å²) in [5.41, 5.74) is 2.72. The molecule has 0 unspecified atom stereocenters. The van der Waals surface area contributed by atoms with Crippen molar-refractivity contribution in [2.75, 3.05) is 26.7 Å². The summed E-state index contributed by atoms with van der Waals surface area (Å²) in [6.45, 7) is 12.7. The van der Waals surface area contributed by atoms with Gasteiger partial charge in [-0.25, -0.2) is 9.18 Å². The number of carbonyl (C=O) groups is 2. The molecule has 1 aliphatic heterocycles. The van der Waals surface area contributed by atoms with Crippen molar-refractivity contribution in [1.29, 1.82) is 0 Å².